The highest BCUT2D eigenvalue weighted by molar-refractivity contribution is 14.0. The molecule has 1 aromatic rings. The number of nitrogens with zero attached hydrogens (tertiary/aromatic N) is 2. The molecule has 0 radical (unpaired) electrons. The zero-order valence-corrected chi connectivity index (χ0v) is 20.5. The molecule has 0 bridgehead atoms. The summed E-state index contributed by atoms with van der Waals surface area (Å²) in [6, 6.07) is 8.39. The number of hydrogen-bond acceptors (Lipinski definition) is 5. The summed E-state index contributed by atoms with van der Waals surface area (Å²) >= 11 is 0. The van der Waals surface area contributed by atoms with Crippen molar-refractivity contribution in [2.45, 2.75) is 31.9 Å². The number of guanidine groups is 1. The third-order valence-electron chi connectivity index (χ3n) is 4.75. The van der Waals surface area contributed by atoms with Crippen molar-refractivity contribution in [3.63, 3.8) is 0 Å². The van der Waals surface area contributed by atoms with E-state index in [4.69, 9.17) is 19.2 Å². The molecule has 29 heavy (non-hydrogen) atoms. The van der Waals surface area contributed by atoms with Gasteiger partial charge in [0.15, 0.2) is 5.96 Å². The monoisotopic (exact) mass is 520 g/mol. The number of aliphatic imine (C=N–C) groups is 1. The largest absolute Gasteiger partial charge is 0.497 e. The van der Waals surface area contributed by atoms with Gasteiger partial charge in [0.2, 0.25) is 0 Å². The van der Waals surface area contributed by atoms with E-state index in [1.807, 2.05) is 12.1 Å². The van der Waals surface area contributed by atoms with Crippen molar-refractivity contribution in [3.05, 3.63) is 29.8 Å². The van der Waals surface area contributed by atoms with E-state index in [2.05, 4.69) is 48.7 Å². The van der Waals surface area contributed by atoms with E-state index < -0.39 is 0 Å². The van der Waals surface area contributed by atoms with Gasteiger partial charge in [-0.05, 0) is 51.6 Å². The lowest BCUT2D eigenvalue weighted by atomic mass is 10.1. The van der Waals surface area contributed by atoms with Gasteiger partial charge in [0.25, 0.3) is 0 Å². The molecule has 8 heteroatoms. The maximum absolute atomic E-state index is 5.81. The molecule has 0 saturated carbocycles. The predicted octanol–water partition coefficient (Wildman–Crippen LogP) is 2.67. The molecule has 1 saturated heterocycles. The molecule has 1 aliphatic heterocycles. The van der Waals surface area contributed by atoms with Crippen molar-refractivity contribution < 1.29 is 14.2 Å². The van der Waals surface area contributed by atoms with Crippen LogP contribution in [0, 0.1) is 0 Å². The van der Waals surface area contributed by atoms with E-state index in [-0.39, 0.29) is 36.1 Å². The SMILES string of the molecule is CCNC(=NCC(c1ccc(OC)cc1)N(C)C)NCCCOC1CCOC1.I. The second-order valence-electron chi connectivity index (χ2n) is 7.11. The zero-order chi connectivity index (χ0) is 20.2. The van der Waals surface area contributed by atoms with Gasteiger partial charge < -0.3 is 29.7 Å². The first kappa shape index (κ1) is 25.9. The Balaban J connectivity index is 0.00000420. The second kappa shape index (κ2) is 14.8. The zero-order valence-electron chi connectivity index (χ0n) is 18.1. The fourth-order valence-corrected chi connectivity index (χ4v) is 3.09. The van der Waals surface area contributed by atoms with E-state index in [1.165, 1.54) is 5.56 Å². The van der Waals surface area contributed by atoms with Crippen LogP contribution in [0.2, 0.25) is 0 Å². The molecule has 2 atom stereocenters. The molecule has 0 aromatic heterocycles. The molecule has 0 aliphatic carbocycles. The van der Waals surface area contributed by atoms with Gasteiger partial charge in [0, 0.05) is 26.3 Å². The van der Waals surface area contributed by atoms with E-state index in [0.717, 1.165) is 57.5 Å². The molecular weight excluding hydrogens is 483 g/mol. The quantitative estimate of drug-likeness (QED) is 0.203. The molecule has 2 rings (SSSR count). The van der Waals surface area contributed by atoms with Crippen molar-refractivity contribution in [1.82, 2.24) is 15.5 Å². The lowest BCUT2D eigenvalue weighted by Gasteiger charge is -2.24. The molecular formula is C21H37IN4O3. The standard InChI is InChI=1S/C21H36N4O3.HI/c1-5-22-21(23-12-6-13-28-19-11-14-27-16-19)24-15-20(25(2)3)17-7-9-18(26-4)10-8-17;/h7-10,19-20H,5-6,11-16H2,1-4H3,(H2,22,23,24);1H. The summed E-state index contributed by atoms with van der Waals surface area (Å²) in [7, 11) is 5.84. The Morgan fingerprint density at radius 1 is 1.28 bits per heavy atom. The van der Waals surface area contributed by atoms with Gasteiger partial charge in [-0.1, -0.05) is 12.1 Å². The number of benzene rings is 1. The van der Waals surface area contributed by atoms with Crippen LogP contribution in [0.15, 0.2) is 29.3 Å². The summed E-state index contributed by atoms with van der Waals surface area (Å²) in [6.07, 6.45) is 2.22. The summed E-state index contributed by atoms with van der Waals surface area (Å²) in [5.41, 5.74) is 1.22. The molecule has 0 spiro atoms. The number of likely N-dealkylation sites (N-methyl/N-ethyl adjacent to an activating group) is 1. The summed E-state index contributed by atoms with van der Waals surface area (Å²) in [5.74, 6) is 1.71. The Morgan fingerprint density at radius 3 is 2.62 bits per heavy atom. The fraction of sp³-hybridized carbons (Fsp3) is 0.667. The molecule has 166 valence electrons. The topological polar surface area (TPSA) is 67.4 Å². The van der Waals surface area contributed by atoms with Gasteiger partial charge in [-0.3, -0.25) is 4.99 Å². The first-order valence-corrected chi connectivity index (χ1v) is 10.2. The average Bonchev–Trinajstić information content (AvgIpc) is 3.21. The van der Waals surface area contributed by atoms with Gasteiger partial charge in [-0.15, -0.1) is 24.0 Å². The van der Waals surface area contributed by atoms with E-state index in [0.29, 0.717) is 6.54 Å². The second-order valence-corrected chi connectivity index (χ2v) is 7.11. The number of nitrogens with one attached hydrogen (secondary N) is 2. The number of hydrogen-bond donors (Lipinski definition) is 2. The Hall–Kier alpha value is -1.10. The molecule has 1 aromatic carbocycles. The van der Waals surface area contributed by atoms with Crippen molar-refractivity contribution in [2.24, 2.45) is 4.99 Å². The molecule has 2 N–H and O–H groups in total. The highest BCUT2D eigenvalue weighted by atomic mass is 127. The molecule has 1 aliphatic rings. The summed E-state index contributed by atoms with van der Waals surface area (Å²) in [4.78, 5) is 6.98. The van der Waals surface area contributed by atoms with Crippen molar-refractivity contribution >= 4 is 29.9 Å². The molecule has 0 amide bonds. The van der Waals surface area contributed by atoms with E-state index in [9.17, 15) is 0 Å². The maximum Gasteiger partial charge on any atom is 0.191 e. The van der Waals surface area contributed by atoms with Gasteiger partial charge in [-0.25, -0.2) is 0 Å². The van der Waals surface area contributed by atoms with Crippen LogP contribution in [0.5, 0.6) is 5.75 Å². The first-order chi connectivity index (χ1) is 13.6. The van der Waals surface area contributed by atoms with Crippen LogP contribution in [0.4, 0.5) is 0 Å². The van der Waals surface area contributed by atoms with Crippen LogP contribution in [-0.4, -0.2) is 77.6 Å². The van der Waals surface area contributed by atoms with Gasteiger partial charge in [0.1, 0.15) is 5.75 Å². The third-order valence-corrected chi connectivity index (χ3v) is 4.75. The van der Waals surface area contributed by atoms with E-state index in [1.54, 1.807) is 7.11 Å². The Kier molecular flexibility index (Phi) is 13.2. The fourth-order valence-electron chi connectivity index (χ4n) is 3.09. The van der Waals surface area contributed by atoms with Crippen molar-refractivity contribution in [1.29, 1.82) is 0 Å². The summed E-state index contributed by atoms with van der Waals surface area (Å²) in [5, 5.41) is 6.72. The Labute approximate surface area is 192 Å². The highest BCUT2D eigenvalue weighted by Gasteiger charge is 2.16. The minimum Gasteiger partial charge on any atom is -0.497 e. The van der Waals surface area contributed by atoms with Gasteiger partial charge in [-0.2, -0.15) is 0 Å². The molecule has 1 fully saturated rings. The number of ether oxygens (including phenoxy) is 3. The third kappa shape index (κ3) is 9.50. The van der Waals surface area contributed by atoms with Crippen molar-refractivity contribution in [2.75, 3.05) is 60.7 Å². The average molecular weight is 520 g/mol. The normalized spacial score (nSPS) is 17.7. The van der Waals surface area contributed by atoms with Crippen molar-refractivity contribution in [3.8, 4) is 5.75 Å². The smallest absolute Gasteiger partial charge is 0.191 e. The van der Waals surface area contributed by atoms with Gasteiger partial charge in [0.05, 0.1) is 32.4 Å². The Bertz CT molecular complexity index is 578. The number of halogens is 1. The minimum atomic E-state index is 0. The van der Waals surface area contributed by atoms with Crippen LogP contribution in [0.1, 0.15) is 31.4 Å². The predicted molar refractivity (Wildman–Crippen MR) is 129 cm³/mol. The van der Waals surface area contributed by atoms with Crippen LogP contribution >= 0.6 is 24.0 Å². The van der Waals surface area contributed by atoms with E-state index >= 15 is 0 Å². The van der Waals surface area contributed by atoms with Gasteiger partial charge >= 0.3 is 0 Å². The maximum atomic E-state index is 5.81. The summed E-state index contributed by atoms with van der Waals surface area (Å²) in [6.45, 7) is 6.70. The lowest BCUT2D eigenvalue weighted by molar-refractivity contribution is 0.0420. The van der Waals surface area contributed by atoms with Crippen LogP contribution < -0.4 is 15.4 Å². The number of rotatable bonds is 11. The highest BCUT2D eigenvalue weighted by Crippen LogP contribution is 2.21. The number of methoxy groups -OCH3 is 1. The lowest BCUT2D eigenvalue weighted by Crippen LogP contribution is -2.39. The first-order valence-electron chi connectivity index (χ1n) is 10.2. The van der Waals surface area contributed by atoms with Crippen LogP contribution in [0.3, 0.4) is 0 Å². The molecule has 1 heterocycles. The minimum absolute atomic E-state index is 0. The van der Waals surface area contributed by atoms with Crippen LogP contribution in [0.25, 0.3) is 0 Å². The summed E-state index contributed by atoms with van der Waals surface area (Å²) < 4.78 is 16.4. The molecule has 2 unspecified atom stereocenters. The van der Waals surface area contributed by atoms with Crippen LogP contribution in [-0.2, 0) is 9.47 Å². The Morgan fingerprint density at radius 2 is 2.03 bits per heavy atom. The molecule has 7 nitrogen and oxygen atoms in total.